The number of hydrogen-bond acceptors (Lipinski definition) is 5. The molecule has 1 saturated carbocycles. The minimum absolute atomic E-state index is 0.142. The van der Waals surface area contributed by atoms with Crippen LogP contribution in [0.5, 0.6) is 0 Å². The number of carbonyl (C=O) groups is 1. The molecule has 130 valence electrons. The van der Waals surface area contributed by atoms with Crippen molar-refractivity contribution in [2.24, 2.45) is 7.05 Å². The third kappa shape index (κ3) is 2.69. The first-order chi connectivity index (χ1) is 12.0. The van der Waals surface area contributed by atoms with Crippen LogP contribution in [0.25, 0.3) is 11.1 Å². The number of amides is 1. The lowest BCUT2D eigenvalue weighted by atomic mass is 10.1. The molecule has 3 aromatic heterocycles. The summed E-state index contributed by atoms with van der Waals surface area (Å²) in [6.45, 7) is 5.78. The third-order valence-corrected chi connectivity index (χ3v) is 4.96. The maximum absolute atomic E-state index is 13.0. The molecule has 3 aromatic rings. The Bertz CT molecular complexity index is 967. The van der Waals surface area contributed by atoms with Gasteiger partial charge in [-0.1, -0.05) is 5.16 Å². The second-order valence-corrected chi connectivity index (χ2v) is 6.82. The molecular formula is C18H21N5O2. The number of rotatable bonds is 4. The molecule has 0 spiro atoms. The molecule has 1 fully saturated rings. The minimum atomic E-state index is -0.144. The molecule has 0 aliphatic heterocycles. The average Bonchev–Trinajstić information content (AvgIpc) is 3.30. The standard InChI is InChI=1S/C18H21N5O2/c1-9(14-8-19-23(4)11(14)3)20-17(24)13-7-15(12-5-6-12)21-18-16(13)10(2)22-25-18/h7-9,12H,5-6H2,1-4H3,(H,20,24)/t9-/m1/s1. The molecule has 3 heterocycles. The number of nitrogens with one attached hydrogen (secondary N) is 1. The van der Waals surface area contributed by atoms with Gasteiger partial charge in [0, 0.05) is 29.9 Å². The average molecular weight is 339 g/mol. The molecule has 0 unspecified atom stereocenters. The number of carbonyl (C=O) groups excluding carboxylic acids is 1. The molecule has 1 aliphatic carbocycles. The van der Waals surface area contributed by atoms with Gasteiger partial charge in [0.25, 0.3) is 11.6 Å². The van der Waals surface area contributed by atoms with Crippen LogP contribution < -0.4 is 5.32 Å². The van der Waals surface area contributed by atoms with E-state index >= 15 is 0 Å². The highest BCUT2D eigenvalue weighted by molar-refractivity contribution is 6.06. The van der Waals surface area contributed by atoms with E-state index in [0.717, 1.165) is 29.8 Å². The van der Waals surface area contributed by atoms with E-state index in [1.54, 1.807) is 10.9 Å². The molecule has 1 N–H and O–H groups in total. The smallest absolute Gasteiger partial charge is 0.259 e. The summed E-state index contributed by atoms with van der Waals surface area (Å²) >= 11 is 0. The van der Waals surface area contributed by atoms with Crippen LogP contribution in [0.2, 0.25) is 0 Å². The van der Waals surface area contributed by atoms with E-state index in [-0.39, 0.29) is 11.9 Å². The van der Waals surface area contributed by atoms with Gasteiger partial charge in [-0.3, -0.25) is 9.48 Å². The molecule has 7 nitrogen and oxygen atoms in total. The number of hydrogen-bond donors (Lipinski definition) is 1. The summed E-state index contributed by atoms with van der Waals surface area (Å²) in [6.07, 6.45) is 4.01. The van der Waals surface area contributed by atoms with E-state index in [2.05, 4.69) is 20.6 Å². The Morgan fingerprint density at radius 2 is 2.16 bits per heavy atom. The second kappa shape index (κ2) is 5.68. The zero-order valence-corrected chi connectivity index (χ0v) is 14.8. The molecule has 4 rings (SSSR count). The Hall–Kier alpha value is -2.70. The van der Waals surface area contributed by atoms with Crippen molar-refractivity contribution < 1.29 is 9.32 Å². The van der Waals surface area contributed by atoms with Gasteiger partial charge in [-0.15, -0.1) is 0 Å². The summed E-state index contributed by atoms with van der Waals surface area (Å²) in [6, 6.07) is 1.75. The van der Waals surface area contributed by atoms with Crippen molar-refractivity contribution in [1.82, 2.24) is 25.2 Å². The Labute approximate surface area is 145 Å². The molecule has 0 saturated heterocycles. The zero-order chi connectivity index (χ0) is 17.7. The summed E-state index contributed by atoms with van der Waals surface area (Å²) in [5.41, 5.74) is 4.66. The summed E-state index contributed by atoms with van der Waals surface area (Å²) in [7, 11) is 1.89. The minimum Gasteiger partial charge on any atom is -0.345 e. The van der Waals surface area contributed by atoms with Gasteiger partial charge in [0.2, 0.25) is 0 Å². The maximum Gasteiger partial charge on any atom is 0.259 e. The van der Waals surface area contributed by atoms with Gasteiger partial charge < -0.3 is 9.84 Å². The third-order valence-electron chi connectivity index (χ3n) is 4.96. The number of aryl methyl sites for hydroxylation is 2. The number of pyridine rings is 1. The molecule has 0 bridgehead atoms. The van der Waals surface area contributed by atoms with Crippen LogP contribution in [0.3, 0.4) is 0 Å². The molecule has 1 amide bonds. The van der Waals surface area contributed by atoms with Gasteiger partial charge in [0.15, 0.2) is 0 Å². The fraction of sp³-hybridized carbons (Fsp3) is 0.444. The quantitative estimate of drug-likeness (QED) is 0.790. The van der Waals surface area contributed by atoms with Crippen LogP contribution in [0.1, 0.15) is 64.7 Å². The lowest BCUT2D eigenvalue weighted by molar-refractivity contribution is 0.0941. The highest BCUT2D eigenvalue weighted by atomic mass is 16.5. The van der Waals surface area contributed by atoms with Gasteiger partial charge in [-0.2, -0.15) is 5.10 Å². The van der Waals surface area contributed by atoms with Crippen molar-refractivity contribution in [1.29, 1.82) is 0 Å². The topological polar surface area (TPSA) is 85.8 Å². The van der Waals surface area contributed by atoms with Gasteiger partial charge in [0.1, 0.15) is 0 Å². The van der Waals surface area contributed by atoms with Crippen molar-refractivity contribution in [2.75, 3.05) is 0 Å². The first-order valence-electron chi connectivity index (χ1n) is 8.52. The predicted octanol–water partition coefficient (Wildman–Crippen LogP) is 2.94. The van der Waals surface area contributed by atoms with E-state index in [0.29, 0.717) is 28.3 Å². The summed E-state index contributed by atoms with van der Waals surface area (Å²) < 4.78 is 7.12. The zero-order valence-electron chi connectivity index (χ0n) is 14.8. The molecule has 0 aromatic carbocycles. The highest BCUT2D eigenvalue weighted by Crippen LogP contribution is 2.40. The lowest BCUT2D eigenvalue weighted by Crippen LogP contribution is -2.27. The van der Waals surface area contributed by atoms with Gasteiger partial charge in [-0.05, 0) is 39.7 Å². The monoisotopic (exact) mass is 339 g/mol. The number of aromatic nitrogens is 4. The summed E-state index contributed by atoms with van der Waals surface area (Å²) in [4.78, 5) is 17.5. The van der Waals surface area contributed by atoms with E-state index in [9.17, 15) is 4.79 Å². The van der Waals surface area contributed by atoms with Crippen LogP contribution in [0.4, 0.5) is 0 Å². The van der Waals surface area contributed by atoms with E-state index in [4.69, 9.17) is 4.52 Å². The summed E-state index contributed by atoms with van der Waals surface area (Å²) in [5, 5.41) is 12.0. The van der Waals surface area contributed by atoms with Crippen LogP contribution >= 0.6 is 0 Å². The first kappa shape index (κ1) is 15.8. The molecule has 7 heteroatoms. The van der Waals surface area contributed by atoms with Crippen molar-refractivity contribution in [3.05, 3.63) is 40.5 Å². The second-order valence-electron chi connectivity index (χ2n) is 6.82. The van der Waals surface area contributed by atoms with Crippen molar-refractivity contribution >= 4 is 17.0 Å². The van der Waals surface area contributed by atoms with Crippen molar-refractivity contribution in [3.8, 4) is 0 Å². The Morgan fingerprint density at radius 1 is 1.40 bits per heavy atom. The van der Waals surface area contributed by atoms with Crippen LogP contribution in [-0.4, -0.2) is 25.8 Å². The number of nitrogens with zero attached hydrogens (tertiary/aromatic N) is 4. The van der Waals surface area contributed by atoms with Crippen molar-refractivity contribution in [3.63, 3.8) is 0 Å². The van der Waals surface area contributed by atoms with Gasteiger partial charge >= 0.3 is 0 Å². The Balaban J connectivity index is 1.69. The van der Waals surface area contributed by atoms with Crippen LogP contribution in [0.15, 0.2) is 16.8 Å². The summed E-state index contributed by atoms with van der Waals surface area (Å²) in [5.74, 6) is 0.288. The predicted molar refractivity (Wildman–Crippen MR) is 92.3 cm³/mol. The number of fused-ring (bicyclic) bond motifs is 1. The maximum atomic E-state index is 13.0. The van der Waals surface area contributed by atoms with Crippen LogP contribution in [-0.2, 0) is 7.05 Å². The first-order valence-corrected chi connectivity index (χ1v) is 8.52. The van der Waals surface area contributed by atoms with Gasteiger partial charge in [0.05, 0.1) is 28.9 Å². The van der Waals surface area contributed by atoms with E-state index < -0.39 is 0 Å². The fourth-order valence-corrected chi connectivity index (χ4v) is 3.17. The van der Waals surface area contributed by atoms with Crippen LogP contribution in [0, 0.1) is 13.8 Å². The molecule has 0 radical (unpaired) electrons. The van der Waals surface area contributed by atoms with E-state index in [1.807, 2.05) is 33.9 Å². The highest BCUT2D eigenvalue weighted by Gasteiger charge is 2.29. The Kier molecular flexibility index (Phi) is 3.59. The van der Waals surface area contributed by atoms with Crippen molar-refractivity contribution in [2.45, 2.75) is 45.6 Å². The largest absolute Gasteiger partial charge is 0.345 e. The molecule has 25 heavy (non-hydrogen) atoms. The van der Waals surface area contributed by atoms with Gasteiger partial charge in [-0.25, -0.2) is 4.98 Å². The SMILES string of the molecule is Cc1noc2nc(C3CC3)cc(C(=O)N[C@H](C)c3cnn(C)c3C)c12. The normalized spacial score (nSPS) is 15.5. The molecule has 1 aliphatic rings. The molecular weight excluding hydrogens is 318 g/mol. The fourth-order valence-electron chi connectivity index (χ4n) is 3.17. The lowest BCUT2D eigenvalue weighted by Gasteiger charge is -2.14. The Morgan fingerprint density at radius 3 is 2.80 bits per heavy atom. The molecule has 1 atom stereocenters. The van der Waals surface area contributed by atoms with E-state index in [1.165, 1.54) is 0 Å².